The number of ether oxygens (including phenoxy) is 2. The Morgan fingerprint density at radius 2 is 2.20 bits per heavy atom. The topological polar surface area (TPSA) is 68.9 Å². The maximum Gasteiger partial charge on any atom is 0.189 e. The van der Waals surface area contributed by atoms with E-state index in [-0.39, 0.29) is 24.0 Å². The van der Waals surface area contributed by atoms with Crippen LogP contribution in [0.2, 0.25) is 5.02 Å². The summed E-state index contributed by atoms with van der Waals surface area (Å²) in [5.41, 5.74) is 6.68. The Morgan fingerprint density at radius 3 is 2.85 bits per heavy atom. The van der Waals surface area contributed by atoms with Crippen molar-refractivity contribution in [3.63, 3.8) is 0 Å². The third-order valence-electron chi connectivity index (χ3n) is 2.36. The summed E-state index contributed by atoms with van der Waals surface area (Å²) in [4.78, 5) is 4.24. The Balaban J connectivity index is 0.00000361. The van der Waals surface area contributed by atoms with Gasteiger partial charge >= 0.3 is 0 Å². The zero-order valence-corrected chi connectivity index (χ0v) is 14.8. The number of nitrogens with zero attached hydrogens (tertiary/aromatic N) is 1. The molecule has 0 atom stereocenters. The molecule has 1 rings (SSSR count). The lowest BCUT2D eigenvalue weighted by Crippen LogP contribution is -2.34. The molecule has 5 nitrogen and oxygen atoms in total. The predicted octanol–water partition coefficient (Wildman–Crippen LogP) is 2.41. The predicted molar refractivity (Wildman–Crippen MR) is 93.2 cm³/mol. The summed E-state index contributed by atoms with van der Waals surface area (Å²) >= 11 is 5.93. The molecule has 0 aliphatic rings. The van der Waals surface area contributed by atoms with Crippen molar-refractivity contribution in [3.8, 4) is 5.75 Å². The van der Waals surface area contributed by atoms with Gasteiger partial charge in [-0.05, 0) is 19.1 Å². The van der Waals surface area contributed by atoms with Crippen molar-refractivity contribution in [1.29, 1.82) is 0 Å². The van der Waals surface area contributed by atoms with Crippen LogP contribution in [0.4, 0.5) is 0 Å². The average Bonchev–Trinajstić information content (AvgIpc) is 2.38. The minimum atomic E-state index is 0. The van der Waals surface area contributed by atoms with Gasteiger partial charge in [-0.2, -0.15) is 0 Å². The van der Waals surface area contributed by atoms with Gasteiger partial charge in [-0.15, -0.1) is 24.0 Å². The van der Waals surface area contributed by atoms with Gasteiger partial charge in [-0.3, -0.25) is 0 Å². The number of halogens is 2. The molecule has 0 spiro atoms. The van der Waals surface area contributed by atoms with E-state index in [0.717, 1.165) is 11.3 Å². The standard InChI is InChI=1S/C13H20ClN3O2.HI/c1-3-19-12-8-11(14)5-4-10(12)9-17-13(15)16-6-7-18-2;/h4-5,8H,3,6-7,9H2,1-2H3,(H3,15,16,17);1H. The van der Waals surface area contributed by atoms with E-state index in [2.05, 4.69) is 10.3 Å². The van der Waals surface area contributed by atoms with Crippen molar-refractivity contribution >= 4 is 41.5 Å². The van der Waals surface area contributed by atoms with Crippen LogP contribution < -0.4 is 15.8 Å². The molecule has 0 amide bonds. The SMILES string of the molecule is CCOc1cc(Cl)ccc1CN=C(N)NCCOC.I. The molecule has 0 saturated heterocycles. The van der Waals surface area contributed by atoms with Crippen LogP contribution in [0.5, 0.6) is 5.75 Å². The molecule has 0 bridgehead atoms. The molecule has 0 aliphatic heterocycles. The Morgan fingerprint density at radius 1 is 1.45 bits per heavy atom. The number of methoxy groups -OCH3 is 1. The Labute approximate surface area is 141 Å². The van der Waals surface area contributed by atoms with E-state index in [1.807, 2.05) is 19.1 Å². The second-order valence-electron chi connectivity index (χ2n) is 3.81. The van der Waals surface area contributed by atoms with Crippen molar-refractivity contribution in [3.05, 3.63) is 28.8 Å². The largest absolute Gasteiger partial charge is 0.493 e. The van der Waals surface area contributed by atoms with Crippen LogP contribution in [-0.2, 0) is 11.3 Å². The first-order valence-electron chi connectivity index (χ1n) is 6.11. The number of rotatable bonds is 7. The van der Waals surface area contributed by atoms with Gasteiger partial charge in [0.2, 0.25) is 0 Å². The quantitative estimate of drug-likeness (QED) is 0.312. The molecule has 0 unspecified atom stereocenters. The van der Waals surface area contributed by atoms with Crippen LogP contribution in [0.25, 0.3) is 0 Å². The Bertz CT molecular complexity index is 430. The van der Waals surface area contributed by atoms with Gasteiger partial charge in [0.25, 0.3) is 0 Å². The number of nitrogens with two attached hydrogens (primary N) is 1. The van der Waals surface area contributed by atoms with E-state index in [0.29, 0.717) is 37.3 Å². The molecule has 1 aromatic rings. The third kappa shape index (κ3) is 7.16. The molecule has 1 aromatic carbocycles. The van der Waals surface area contributed by atoms with E-state index in [1.165, 1.54) is 0 Å². The van der Waals surface area contributed by atoms with Gasteiger partial charge in [0.1, 0.15) is 5.75 Å². The summed E-state index contributed by atoms with van der Waals surface area (Å²) < 4.78 is 10.4. The Kier molecular flexibility index (Phi) is 10.6. The zero-order chi connectivity index (χ0) is 14.1. The summed E-state index contributed by atoms with van der Waals surface area (Å²) in [6.45, 7) is 4.16. The first-order valence-corrected chi connectivity index (χ1v) is 6.49. The van der Waals surface area contributed by atoms with Crippen molar-refractivity contribution in [2.45, 2.75) is 13.5 Å². The summed E-state index contributed by atoms with van der Waals surface area (Å²) in [5, 5.41) is 3.59. The van der Waals surface area contributed by atoms with E-state index < -0.39 is 0 Å². The second-order valence-corrected chi connectivity index (χ2v) is 4.24. The van der Waals surface area contributed by atoms with Gasteiger partial charge in [-0.1, -0.05) is 17.7 Å². The highest BCUT2D eigenvalue weighted by Gasteiger charge is 2.04. The Hall–Kier alpha value is -0.730. The maximum absolute atomic E-state index is 5.93. The van der Waals surface area contributed by atoms with Crippen LogP contribution in [0.1, 0.15) is 12.5 Å². The van der Waals surface area contributed by atoms with Crippen LogP contribution >= 0.6 is 35.6 Å². The first kappa shape index (κ1) is 19.3. The minimum Gasteiger partial charge on any atom is -0.493 e. The average molecular weight is 414 g/mol. The number of hydrogen-bond donors (Lipinski definition) is 2. The molecule has 3 N–H and O–H groups in total. The molecule has 114 valence electrons. The van der Waals surface area contributed by atoms with Crippen LogP contribution in [0, 0.1) is 0 Å². The monoisotopic (exact) mass is 413 g/mol. The van der Waals surface area contributed by atoms with E-state index in [9.17, 15) is 0 Å². The highest BCUT2D eigenvalue weighted by molar-refractivity contribution is 14.0. The molecule has 0 aliphatic carbocycles. The highest BCUT2D eigenvalue weighted by Crippen LogP contribution is 2.24. The van der Waals surface area contributed by atoms with Gasteiger partial charge in [-0.25, -0.2) is 4.99 Å². The number of nitrogens with one attached hydrogen (secondary N) is 1. The van der Waals surface area contributed by atoms with Crippen molar-refractivity contribution in [2.24, 2.45) is 10.7 Å². The fourth-order valence-corrected chi connectivity index (χ4v) is 1.62. The minimum absolute atomic E-state index is 0. The lowest BCUT2D eigenvalue weighted by atomic mass is 10.2. The molecule has 7 heteroatoms. The fraction of sp³-hybridized carbons (Fsp3) is 0.462. The molecule has 0 heterocycles. The summed E-state index contributed by atoms with van der Waals surface area (Å²) in [6.07, 6.45) is 0. The molecule has 0 aromatic heterocycles. The van der Waals surface area contributed by atoms with Crippen molar-refractivity contribution in [1.82, 2.24) is 5.32 Å². The smallest absolute Gasteiger partial charge is 0.189 e. The van der Waals surface area contributed by atoms with E-state index in [4.69, 9.17) is 26.8 Å². The lowest BCUT2D eigenvalue weighted by molar-refractivity contribution is 0.204. The second kappa shape index (κ2) is 11.0. The van der Waals surface area contributed by atoms with Gasteiger partial charge in [0.05, 0.1) is 19.8 Å². The van der Waals surface area contributed by atoms with Crippen molar-refractivity contribution < 1.29 is 9.47 Å². The molecular weight excluding hydrogens is 393 g/mol. The number of aliphatic imine (C=N–C) groups is 1. The number of hydrogen-bond acceptors (Lipinski definition) is 3. The van der Waals surface area contributed by atoms with E-state index in [1.54, 1.807) is 13.2 Å². The molecule has 0 saturated carbocycles. The van der Waals surface area contributed by atoms with Crippen LogP contribution in [0.15, 0.2) is 23.2 Å². The lowest BCUT2D eigenvalue weighted by Gasteiger charge is -2.09. The van der Waals surface area contributed by atoms with Crippen molar-refractivity contribution in [2.75, 3.05) is 26.9 Å². The third-order valence-corrected chi connectivity index (χ3v) is 2.60. The molecular formula is C13H21ClIN3O2. The number of benzene rings is 1. The highest BCUT2D eigenvalue weighted by atomic mass is 127. The van der Waals surface area contributed by atoms with Gasteiger partial charge < -0.3 is 20.5 Å². The fourth-order valence-electron chi connectivity index (χ4n) is 1.46. The van der Waals surface area contributed by atoms with Gasteiger partial charge in [0, 0.05) is 24.2 Å². The van der Waals surface area contributed by atoms with Gasteiger partial charge in [0.15, 0.2) is 5.96 Å². The summed E-state index contributed by atoms with van der Waals surface area (Å²) in [7, 11) is 1.64. The van der Waals surface area contributed by atoms with Crippen LogP contribution in [-0.4, -0.2) is 32.8 Å². The first-order chi connectivity index (χ1) is 9.17. The summed E-state index contributed by atoms with van der Waals surface area (Å²) in [5.74, 6) is 1.12. The van der Waals surface area contributed by atoms with E-state index >= 15 is 0 Å². The molecule has 0 fully saturated rings. The molecule has 20 heavy (non-hydrogen) atoms. The summed E-state index contributed by atoms with van der Waals surface area (Å²) in [6, 6.07) is 5.48. The van der Waals surface area contributed by atoms with Crippen LogP contribution in [0.3, 0.4) is 0 Å². The molecule has 0 radical (unpaired) electrons. The zero-order valence-electron chi connectivity index (χ0n) is 11.7. The normalized spacial score (nSPS) is 10.8. The maximum atomic E-state index is 5.93. The number of guanidine groups is 1.